The topological polar surface area (TPSA) is 90.3 Å². The van der Waals surface area contributed by atoms with Crippen LogP contribution in [0, 0.1) is 11.3 Å². The van der Waals surface area contributed by atoms with E-state index in [2.05, 4.69) is 33.5 Å². The molecule has 1 amide bonds. The van der Waals surface area contributed by atoms with Gasteiger partial charge >= 0.3 is 0 Å². The van der Waals surface area contributed by atoms with Gasteiger partial charge in [0.15, 0.2) is 5.11 Å². The number of nitrogens with one attached hydrogen (secondary N) is 2. The highest BCUT2D eigenvalue weighted by Gasteiger charge is 2.36. The molecule has 2 aromatic rings. The van der Waals surface area contributed by atoms with E-state index in [0.717, 1.165) is 24.8 Å². The first kappa shape index (κ1) is 24.6. The number of piperidine rings is 1. The Morgan fingerprint density at radius 2 is 1.97 bits per heavy atom. The largest absolute Gasteiger partial charge is 0.478 e. The maximum Gasteiger partial charge on any atom is 0.240 e. The lowest BCUT2D eigenvalue weighted by Gasteiger charge is -2.37. The summed E-state index contributed by atoms with van der Waals surface area (Å²) in [6, 6.07) is 16.0. The van der Waals surface area contributed by atoms with Crippen LogP contribution in [0.5, 0.6) is 5.88 Å². The fraction of sp³-hybridized carbons (Fsp3) is 0.440. The normalized spacial score (nSPS) is 15.3. The van der Waals surface area contributed by atoms with Gasteiger partial charge in [-0.05, 0) is 43.1 Å². The fourth-order valence-electron chi connectivity index (χ4n) is 3.92. The molecule has 1 saturated heterocycles. The molecule has 2 N–H and O–H groups in total. The fourth-order valence-corrected chi connectivity index (χ4v) is 4.15. The molecule has 0 bridgehead atoms. The van der Waals surface area contributed by atoms with E-state index < -0.39 is 5.41 Å². The number of benzene rings is 1. The van der Waals surface area contributed by atoms with Crippen molar-refractivity contribution in [3.8, 4) is 11.9 Å². The molecule has 1 aliphatic heterocycles. The van der Waals surface area contributed by atoms with E-state index in [4.69, 9.17) is 17.0 Å². The van der Waals surface area contributed by atoms with Crippen molar-refractivity contribution in [2.45, 2.75) is 44.4 Å². The van der Waals surface area contributed by atoms with Crippen LogP contribution >= 0.6 is 12.2 Å². The van der Waals surface area contributed by atoms with Crippen LogP contribution in [0.15, 0.2) is 48.7 Å². The van der Waals surface area contributed by atoms with Gasteiger partial charge in [-0.2, -0.15) is 5.26 Å². The third-order valence-electron chi connectivity index (χ3n) is 5.86. The first-order valence-corrected chi connectivity index (χ1v) is 11.8. The van der Waals surface area contributed by atoms with Gasteiger partial charge in [-0.3, -0.25) is 9.69 Å². The Morgan fingerprint density at radius 1 is 1.21 bits per heavy atom. The summed E-state index contributed by atoms with van der Waals surface area (Å²) in [7, 11) is 0. The van der Waals surface area contributed by atoms with Crippen molar-refractivity contribution in [3.63, 3.8) is 0 Å². The molecule has 0 atom stereocenters. The second-order valence-electron chi connectivity index (χ2n) is 8.28. The lowest BCUT2D eigenvalue weighted by atomic mass is 9.74. The SMILES string of the molecule is CCCCCOc1ccc(NC(=S)NC(=O)CN2CCC(C#N)(c3ccccc3)CC2)cn1. The Kier molecular flexibility index (Phi) is 9.16. The number of rotatable bonds is 9. The van der Waals surface area contributed by atoms with Crippen molar-refractivity contribution >= 4 is 28.9 Å². The number of anilines is 1. The molecule has 0 unspecified atom stereocenters. The highest BCUT2D eigenvalue weighted by molar-refractivity contribution is 7.80. The number of hydrogen-bond donors (Lipinski definition) is 2. The Balaban J connectivity index is 1.41. The molecule has 0 saturated carbocycles. The van der Waals surface area contributed by atoms with Gasteiger partial charge in [-0.15, -0.1) is 0 Å². The third kappa shape index (κ3) is 7.24. The third-order valence-corrected chi connectivity index (χ3v) is 6.07. The van der Waals surface area contributed by atoms with Crippen molar-refractivity contribution in [2.24, 2.45) is 0 Å². The summed E-state index contributed by atoms with van der Waals surface area (Å²) in [5, 5.41) is 15.7. The summed E-state index contributed by atoms with van der Waals surface area (Å²) < 4.78 is 5.60. The molecular weight excluding hydrogens is 434 g/mol. The van der Waals surface area contributed by atoms with Gasteiger partial charge in [0.2, 0.25) is 11.8 Å². The highest BCUT2D eigenvalue weighted by Crippen LogP contribution is 2.34. The minimum atomic E-state index is -0.482. The first-order valence-electron chi connectivity index (χ1n) is 11.4. The second kappa shape index (κ2) is 12.3. The number of nitrogens with zero attached hydrogens (tertiary/aromatic N) is 3. The smallest absolute Gasteiger partial charge is 0.240 e. The molecule has 0 radical (unpaired) electrons. The Morgan fingerprint density at radius 3 is 2.61 bits per heavy atom. The molecule has 0 spiro atoms. The van der Waals surface area contributed by atoms with Crippen LogP contribution in [0.3, 0.4) is 0 Å². The lowest BCUT2D eigenvalue weighted by Crippen LogP contribution is -2.47. The number of carbonyl (C=O) groups is 1. The summed E-state index contributed by atoms with van der Waals surface area (Å²) in [6.07, 6.45) is 6.31. The van der Waals surface area contributed by atoms with Gasteiger partial charge in [-0.1, -0.05) is 50.1 Å². The number of carbonyl (C=O) groups excluding carboxylic acids is 1. The zero-order valence-corrected chi connectivity index (χ0v) is 19.9. The van der Waals surface area contributed by atoms with Gasteiger partial charge in [0.05, 0.1) is 36.5 Å². The van der Waals surface area contributed by atoms with Crippen LogP contribution in [0.2, 0.25) is 0 Å². The monoisotopic (exact) mass is 465 g/mol. The highest BCUT2D eigenvalue weighted by atomic mass is 32.1. The second-order valence-corrected chi connectivity index (χ2v) is 8.69. The summed E-state index contributed by atoms with van der Waals surface area (Å²) in [5.41, 5.74) is 1.25. The number of nitriles is 1. The zero-order valence-electron chi connectivity index (χ0n) is 19.0. The van der Waals surface area contributed by atoms with E-state index in [9.17, 15) is 10.1 Å². The molecule has 8 heteroatoms. The van der Waals surface area contributed by atoms with Gasteiger partial charge in [0, 0.05) is 19.2 Å². The average Bonchev–Trinajstić information content (AvgIpc) is 2.84. The van der Waals surface area contributed by atoms with Crippen LogP contribution < -0.4 is 15.4 Å². The van der Waals surface area contributed by atoms with Crippen LogP contribution in [0.25, 0.3) is 0 Å². The van der Waals surface area contributed by atoms with Crippen molar-refractivity contribution in [1.82, 2.24) is 15.2 Å². The maximum absolute atomic E-state index is 12.5. The Bertz CT molecular complexity index is 951. The summed E-state index contributed by atoms with van der Waals surface area (Å²) in [4.78, 5) is 18.8. The van der Waals surface area contributed by atoms with Gasteiger partial charge in [0.1, 0.15) is 0 Å². The van der Waals surface area contributed by atoms with E-state index >= 15 is 0 Å². The molecule has 1 aromatic carbocycles. The summed E-state index contributed by atoms with van der Waals surface area (Å²) >= 11 is 5.27. The molecule has 0 aliphatic carbocycles. The van der Waals surface area contributed by atoms with Gasteiger partial charge in [-0.25, -0.2) is 4.98 Å². The van der Waals surface area contributed by atoms with Crippen molar-refractivity contribution < 1.29 is 9.53 Å². The summed E-state index contributed by atoms with van der Waals surface area (Å²) in [5.74, 6) is 0.390. The molecule has 174 valence electrons. The van der Waals surface area contributed by atoms with E-state index in [-0.39, 0.29) is 17.6 Å². The standard InChI is InChI=1S/C25H31N5O2S/c1-2-3-7-16-32-23-11-10-21(17-27-23)28-24(33)29-22(31)18-30-14-12-25(19-26,13-15-30)20-8-5-4-6-9-20/h4-6,8-11,17H,2-3,7,12-16,18H2,1H3,(H2,28,29,31,33). The number of likely N-dealkylation sites (tertiary alicyclic amines) is 1. The maximum atomic E-state index is 12.5. The number of unbranched alkanes of at least 4 members (excludes halogenated alkanes) is 2. The zero-order chi connectivity index (χ0) is 23.5. The molecule has 1 fully saturated rings. The van der Waals surface area contributed by atoms with Gasteiger partial charge in [0.25, 0.3) is 0 Å². The van der Waals surface area contributed by atoms with Crippen LogP contribution in [-0.2, 0) is 10.2 Å². The van der Waals surface area contributed by atoms with Crippen LogP contribution in [-0.4, -0.2) is 47.1 Å². The van der Waals surface area contributed by atoms with E-state index in [1.54, 1.807) is 12.3 Å². The van der Waals surface area contributed by atoms with E-state index in [1.807, 2.05) is 36.4 Å². The quantitative estimate of drug-likeness (QED) is 0.427. The predicted molar refractivity (Wildman–Crippen MR) is 133 cm³/mol. The minimum Gasteiger partial charge on any atom is -0.478 e. The molecule has 3 rings (SSSR count). The Hall–Kier alpha value is -3.02. The minimum absolute atomic E-state index is 0.180. The van der Waals surface area contributed by atoms with Crippen LogP contribution in [0.4, 0.5) is 5.69 Å². The molecule has 1 aromatic heterocycles. The number of hydrogen-bond acceptors (Lipinski definition) is 6. The van der Waals surface area contributed by atoms with Crippen LogP contribution in [0.1, 0.15) is 44.6 Å². The molecule has 7 nitrogen and oxygen atoms in total. The number of thiocarbonyl (C=S) groups is 1. The molecular formula is C25H31N5O2S. The number of pyridine rings is 1. The van der Waals surface area contributed by atoms with Crippen molar-refractivity contribution in [1.29, 1.82) is 5.26 Å². The van der Waals surface area contributed by atoms with Crippen molar-refractivity contribution in [3.05, 3.63) is 54.2 Å². The Labute approximate surface area is 201 Å². The molecule has 2 heterocycles. The average molecular weight is 466 g/mol. The number of amides is 1. The predicted octanol–water partition coefficient (Wildman–Crippen LogP) is 4.02. The molecule has 33 heavy (non-hydrogen) atoms. The lowest BCUT2D eigenvalue weighted by molar-refractivity contribution is -0.121. The van der Waals surface area contributed by atoms with E-state index in [1.165, 1.54) is 0 Å². The van der Waals surface area contributed by atoms with Gasteiger partial charge < -0.3 is 15.4 Å². The number of aromatic nitrogens is 1. The van der Waals surface area contributed by atoms with Crippen molar-refractivity contribution in [2.75, 3.05) is 31.6 Å². The molecule has 1 aliphatic rings. The first-order chi connectivity index (χ1) is 16.0. The number of ether oxygens (including phenoxy) is 1. The van der Waals surface area contributed by atoms with E-state index in [0.29, 0.717) is 44.1 Å². The summed E-state index contributed by atoms with van der Waals surface area (Å²) in [6.45, 7) is 4.40.